The van der Waals surface area contributed by atoms with Crippen LogP contribution in [0, 0.1) is 11.8 Å². The molecule has 3 atom stereocenters. The molecule has 1 aliphatic rings. The molecule has 2 rings (SSSR count). The van der Waals surface area contributed by atoms with Crippen LogP contribution in [0.2, 0.25) is 0 Å². The van der Waals surface area contributed by atoms with Crippen molar-refractivity contribution in [1.29, 1.82) is 0 Å². The Morgan fingerprint density at radius 2 is 1.79 bits per heavy atom. The number of likely N-dealkylation sites (tertiary alicyclic amines) is 1. The van der Waals surface area contributed by atoms with E-state index < -0.39 is 6.10 Å². The topological polar surface area (TPSA) is 51.2 Å². The van der Waals surface area contributed by atoms with Crippen LogP contribution in [0.5, 0.6) is 11.5 Å². The Morgan fingerprint density at radius 1 is 1.12 bits per heavy atom. The number of hydrogen-bond donors (Lipinski definition) is 1. The number of hydrogen-bond acceptors (Lipinski definition) is 5. The van der Waals surface area contributed by atoms with Gasteiger partial charge >= 0.3 is 0 Å². The van der Waals surface area contributed by atoms with Gasteiger partial charge in [0.25, 0.3) is 0 Å². The van der Waals surface area contributed by atoms with E-state index in [1.165, 1.54) is 6.42 Å². The molecule has 3 unspecified atom stereocenters. The summed E-state index contributed by atoms with van der Waals surface area (Å²) in [6.07, 6.45) is 0.824. The Balaban J connectivity index is 1.75. The van der Waals surface area contributed by atoms with E-state index >= 15 is 0 Å². The van der Waals surface area contributed by atoms with Gasteiger partial charge in [-0.25, -0.2) is 0 Å². The second-order valence-corrected chi connectivity index (χ2v) is 7.02. The first-order chi connectivity index (χ1) is 11.5. The summed E-state index contributed by atoms with van der Waals surface area (Å²) < 4.78 is 16.2. The summed E-state index contributed by atoms with van der Waals surface area (Å²) in [5.74, 6) is 2.80. The number of ether oxygens (including phenoxy) is 3. The highest BCUT2D eigenvalue weighted by Crippen LogP contribution is 2.27. The van der Waals surface area contributed by atoms with Gasteiger partial charge in [-0.15, -0.1) is 0 Å². The molecular formula is C19H31NO4. The van der Waals surface area contributed by atoms with Crippen molar-refractivity contribution in [3.8, 4) is 11.5 Å². The SMILES string of the molecule is COc1ccc(COCC(O)CN2CC(C)CC(C)C2)cc1OC. The van der Waals surface area contributed by atoms with Gasteiger partial charge in [0.15, 0.2) is 11.5 Å². The summed E-state index contributed by atoms with van der Waals surface area (Å²) in [6, 6.07) is 5.71. The molecule has 0 aliphatic carbocycles. The molecule has 0 spiro atoms. The van der Waals surface area contributed by atoms with Crippen LogP contribution in [0.3, 0.4) is 0 Å². The average molecular weight is 337 g/mol. The minimum atomic E-state index is -0.456. The minimum absolute atomic E-state index is 0.341. The second-order valence-electron chi connectivity index (χ2n) is 7.02. The van der Waals surface area contributed by atoms with E-state index in [0.717, 1.165) is 18.7 Å². The minimum Gasteiger partial charge on any atom is -0.493 e. The molecule has 1 N–H and O–H groups in total. The van der Waals surface area contributed by atoms with Gasteiger partial charge in [0, 0.05) is 19.6 Å². The first kappa shape index (κ1) is 19.0. The maximum Gasteiger partial charge on any atom is 0.161 e. The third-order valence-electron chi connectivity index (χ3n) is 4.44. The highest BCUT2D eigenvalue weighted by atomic mass is 16.5. The molecule has 1 aromatic carbocycles. The fourth-order valence-electron chi connectivity index (χ4n) is 3.58. The Morgan fingerprint density at radius 3 is 2.42 bits per heavy atom. The molecule has 1 aromatic rings. The molecule has 0 bridgehead atoms. The highest BCUT2D eigenvalue weighted by Gasteiger charge is 2.23. The maximum absolute atomic E-state index is 10.2. The first-order valence-electron chi connectivity index (χ1n) is 8.70. The number of aliphatic hydroxyl groups excluding tert-OH is 1. The van der Waals surface area contributed by atoms with Crippen LogP contribution in [0.4, 0.5) is 0 Å². The second kappa shape index (κ2) is 9.25. The van der Waals surface area contributed by atoms with Crippen molar-refractivity contribution in [1.82, 2.24) is 4.90 Å². The van der Waals surface area contributed by atoms with E-state index in [4.69, 9.17) is 14.2 Å². The van der Waals surface area contributed by atoms with Crippen molar-refractivity contribution >= 4 is 0 Å². The quantitative estimate of drug-likeness (QED) is 0.790. The fourth-order valence-corrected chi connectivity index (χ4v) is 3.58. The van der Waals surface area contributed by atoms with Crippen LogP contribution in [0.1, 0.15) is 25.8 Å². The molecule has 1 saturated heterocycles. The third-order valence-corrected chi connectivity index (χ3v) is 4.44. The summed E-state index contributed by atoms with van der Waals surface area (Å²) in [6.45, 7) is 8.16. The Labute approximate surface area is 145 Å². The normalized spacial score (nSPS) is 23.0. The van der Waals surface area contributed by atoms with Crippen LogP contribution >= 0.6 is 0 Å². The van der Waals surface area contributed by atoms with Crippen LogP contribution < -0.4 is 9.47 Å². The number of methoxy groups -OCH3 is 2. The van der Waals surface area contributed by atoms with E-state index in [1.54, 1.807) is 14.2 Å². The van der Waals surface area contributed by atoms with E-state index in [1.807, 2.05) is 18.2 Å². The largest absolute Gasteiger partial charge is 0.493 e. The lowest BCUT2D eigenvalue weighted by Gasteiger charge is -2.35. The maximum atomic E-state index is 10.2. The van der Waals surface area contributed by atoms with Crippen LogP contribution in [0.15, 0.2) is 18.2 Å². The molecular weight excluding hydrogens is 306 g/mol. The zero-order chi connectivity index (χ0) is 17.5. The summed E-state index contributed by atoms with van der Waals surface area (Å²) in [5, 5.41) is 10.2. The Kier molecular flexibility index (Phi) is 7.34. The van der Waals surface area contributed by atoms with Gasteiger partial charge in [-0.05, 0) is 36.0 Å². The number of rotatable bonds is 8. The molecule has 1 aliphatic heterocycles. The molecule has 0 aromatic heterocycles. The zero-order valence-electron chi connectivity index (χ0n) is 15.3. The van der Waals surface area contributed by atoms with Crippen molar-refractivity contribution in [2.45, 2.75) is 33.0 Å². The van der Waals surface area contributed by atoms with Gasteiger partial charge < -0.3 is 24.2 Å². The van der Waals surface area contributed by atoms with Gasteiger partial charge in [-0.2, -0.15) is 0 Å². The van der Waals surface area contributed by atoms with Crippen molar-refractivity contribution in [2.75, 3.05) is 40.5 Å². The average Bonchev–Trinajstić information content (AvgIpc) is 2.53. The lowest BCUT2D eigenvalue weighted by molar-refractivity contribution is -0.000930. The number of aliphatic hydroxyl groups is 1. The monoisotopic (exact) mass is 337 g/mol. The zero-order valence-corrected chi connectivity index (χ0v) is 15.3. The molecule has 24 heavy (non-hydrogen) atoms. The van der Waals surface area contributed by atoms with Gasteiger partial charge in [-0.3, -0.25) is 0 Å². The predicted octanol–water partition coefficient (Wildman–Crippen LogP) is 2.56. The predicted molar refractivity (Wildman–Crippen MR) is 94.6 cm³/mol. The number of piperidine rings is 1. The molecule has 0 radical (unpaired) electrons. The van der Waals surface area contributed by atoms with E-state index in [0.29, 0.717) is 43.1 Å². The molecule has 1 fully saturated rings. The van der Waals surface area contributed by atoms with E-state index in [-0.39, 0.29) is 0 Å². The molecule has 0 amide bonds. The summed E-state index contributed by atoms with van der Waals surface area (Å²) >= 11 is 0. The van der Waals surface area contributed by atoms with Crippen molar-refractivity contribution in [3.63, 3.8) is 0 Å². The standard InChI is InChI=1S/C19H31NO4/c1-14-7-15(2)10-20(9-14)11-17(21)13-24-12-16-5-6-18(22-3)19(8-16)23-4/h5-6,8,14-15,17,21H,7,9-13H2,1-4H3. The molecule has 136 valence electrons. The van der Waals surface area contributed by atoms with Crippen LogP contribution in [0.25, 0.3) is 0 Å². The molecule has 1 heterocycles. The van der Waals surface area contributed by atoms with E-state index in [9.17, 15) is 5.11 Å². The summed E-state index contributed by atoms with van der Waals surface area (Å²) in [7, 11) is 3.24. The lowest BCUT2D eigenvalue weighted by atomic mass is 9.92. The molecule has 5 nitrogen and oxygen atoms in total. The van der Waals surface area contributed by atoms with Gasteiger partial charge in [0.2, 0.25) is 0 Å². The first-order valence-corrected chi connectivity index (χ1v) is 8.70. The number of β-amino-alcohol motifs (C(OH)–C–C–N with tert-alkyl or cyclic N) is 1. The Hall–Kier alpha value is -1.30. The lowest BCUT2D eigenvalue weighted by Crippen LogP contribution is -2.43. The smallest absolute Gasteiger partial charge is 0.161 e. The third kappa shape index (κ3) is 5.65. The Bertz CT molecular complexity index is 498. The summed E-state index contributed by atoms with van der Waals surface area (Å²) in [4.78, 5) is 2.35. The number of nitrogens with zero attached hydrogens (tertiary/aromatic N) is 1. The van der Waals surface area contributed by atoms with E-state index in [2.05, 4.69) is 18.7 Å². The van der Waals surface area contributed by atoms with Crippen molar-refractivity contribution < 1.29 is 19.3 Å². The van der Waals surface area contributed by atoms with Crippen molar-refractivity contribution in [2.24, 2.45) is 11.8 Å². The van der Waals surface area contributed by atoms with Crippen LogP contribution in [-0.2, 0) is 11.3 Å². The molecule has 5 heteroatoms. The van der Waals surface area contributed by atoms with Crippen molar-refractivity contribution in [3.05, 3.63) is 23.8 Å². The summed E-state index contributed by atoms with van der Waals surface area (Å²) in [5.41, 5.74) is 1.00. The molecule has 0 saturated carbocycles. The van der Waals surface area contributed by atoms with Gasteiger partial charge in [-0.1, -0.05) is 19.9 Å². The fraction of sp³-hybridized carbons (Fsp3) is 0.684. The van der Waals surface area contributed by atoms with Crippen LogP contribution in [-0.4, -0.2) is 56.6 Å². The number of benzene rings is 1. The van der Waals surface area contributed by atoms with Gasteiger partial charge in [0.1, 0.15) is 0 Å². The van der Waals surface area contributed by atoms with Gasteiger partial charge in [0.05, 0.1) is 33.5 Å². The highest BCUT2D eigenvalue weighted by molar-refractivity contribution is 5.42.